The fourth-order valence-corrected chi connectivity index (χ4v) is 1.60. The Balaban J connectivity index is 2.55. The minimum Gasteiger partial charge on any atom is -0.410 e. The maximum atomic E-state index is 11.1. The highest BCUT2D eigenvalue weighted by Gasteiger charge is 2.12. The van der Waals surface area contributed by atoms with Gasteiger partial charge in [0, 0.05) is 17.8 Å². The van der Waals surface area contributed by atoms with Gasteiger partial charge in [-0.3, -0.25) is 0 Å². The largest absolute Gasteiger partial charge is 0.427 e. The second-order valence-electron chi connectivity index (χ2n) is 3.32. The predicted molar refractivity (Wildman–Crippen MR) is 66.0 cm³/mol. The molecule has 0 heterocycles. The van der Waals surface area contributed by atoms with Crippen molar-refractivity contribution in [1.29, 1.82) is 0 Å². The highest BCUT2D eigenvalue weighted by molar-refractivity contribution is 8.12. The van der Waals surface area contributed by atoms with Crippen LogP contribution < -0.4 is 9.46 Å². The van der Waals surface area contributed by atoms with Crippen molar-refractivity contribution in [2.75, 3.05) is 13.7 Å². The van der Waals surface area contributed by atoms with E-state index in [1.807, 2.05) is 0 Å². The van der Waals surface area contributed by atoms with Gasteiger partial charge >= 0.3 is 15.3 Å². The van der Waals surface area contributed by atoms with Crippen LogP contribution in [0.2, 0.25) is 0 Å². The van der Waals surface area contributed by atoms with Crippen LogP contribution >= 0.6 is 10.7 Å². The first-order chi connectivity index (χ1) is 8.40. The Bertz CT molecular complexity index is 500. The maximum absolute atomic E-state index is 11.1. The van der Waals surface area contributed by atoms with Crippen LogP contribution in [0.1, 0.15) is 5.56 Å². The van der Waals surface area contributed by atoms with E-state index < -0.39 is 15.3 Å². The zero-order valence-electron chi connectivity index (χ0n) is 9.55. The number of hydrogen-bond donors (Lipinski definition) is 1. The third-order valence-electron chi connectivity index (χ3n) is 1.93. The van der Waals surface area contributed by atoms with Crippen LogP contribution in [0.25, 0.3) is 0 Å². The summed E-state index contributed by atoms with van der Waals surface area (Å²) in [6.45, 7) is 0.588. The Morgan fingerprint density at radius 3 is 2.44 bits per heavy atom. The first-order valence-corrected chi connectivity index (χ1v) is 7.24. The molecule has 0 aliphatic carbocycles. The van der Waals surface area contributed by atoms with Crippen LogP contribution in [0, 0.1) is 0 Å². The molecule has 0 bridgehead atoms. The van der Waals surface area contributed by atoms with Gasteiger partial charge in [0.1, 0.15) is 5.75 Å². The lowest BCUT2D eigenvalue weighted by molar-refractivity contribution is 0.202. The van der Waals surface area contributed by atoms with Gasteiger partial charge in [0.15, 0.2) is 0 Å². The zero-order valence-corrected chi connectivity index (χ0v) is 11.1. The second kappa shape index (κ2) is 6.58. The number of methoxy groups -OCH3 is 1. The summed E-state index contributed by atoms with van der Waals surface area (Å²) >= 11 is 0. The number of halogens is 1. The van der Waals surface area contributed by atoms with Gasteiger partial charge in [0.2, 0.25) is 0 Å². The van der Waals surface area contributed by atoms with Crippen molar-refractivity contribution in [3.8, 4) is 5.75 Å². The number of ether oxygens (including phenoxy) is 2. The zero-order chi connectivity index (χ0) is 13.6. The maximum Gasteiger partial charge on any atom is 0.427 e. The first kappa shape index (κ1) is 14.7. The number of benzene rings is 1. The topological polar surface area (TPSA) is 81.7 Å². The molecule has 8 heteroatoms. The number of carbonyl (C=O) groups is 1. The van der Waals surface area contributed by atoms with Crippen molar-refractivity contribution in [2.45, 2.75) is 6.42 Å². The molecule has 1 aromatic rings. The van der Waals surface area contributed by atoms with Gasteiger partial charge in [-0.25, -0.2) is 9.52 Å². The predicted octanol–water partition coefficient (Wildman–Crippen LogP) is 1.45. The van der Waals surface area contributed by atoms with E-state index in [4.69, 9.17) is 20.2 Å². The van der Waals surface area contributed by atoms with Gasteiger partial charge in [0.05, 0.1) is 6.61 Å². The van der Waals surface area contributed by atoms with Crippen LogP contribution in [0.4, 0.5) is 4.79 Å². The molecule has 0 aliphatic heterocycles. The standard InChI is InChI=1S/C10H12ClNO5S/c1-16-7-6-8-2-4-9(5-3-8)17-10(13)12-18(11,14)15/h2-5H,6-7H2,1H3,(H,12,13). The molecule has 0 atom stereocenters. The molecule has 0 radical (unpaired) electrons. The van der Waals surface area contributed by atoms with Crippen LogP contribution in [-0.2, 0) is 20.4 Å². The van der Waals surface area contributed by atoms with E-state index in [1.165, 1.54) is 4.72 Å². The molecule has 0 aromatic heterocycles. The van der Waals surface area contributed by atoms with Gasteiger partial charge in [-0.1, -0.05) is 12.1 Å². The summed E-state index contributed by atoms with van der Waals surface area (Å²) in [6, 6.07) is 6.59. The summed E-state index contributed by atoms with van der Waals surface area (Å²) in [5.74, 6) is 0.217. The fraction of sp³-hybridized carbons (Fsp3) is 0.300. The van der Waals surface area contributed by atoms with E-state index in [0.717, 1.165) is 12.0 Å². The van der Waals surface area contributed by atoms with E-state index in [9.17, 15) is 13.2 Å². The van der Waals surface area contributed by atoms with Crippen molar-refractivity contribution < 1.29 is 22.7 Å². The summed E-state index contributed by atoms with van der Waals surface area (Å²) in [6.07, 6.45) is -0.423. The number of rotatable bonds is 5. The van der Waals surface area contributed by atoms with Crippen molar-refractivity contribution in [1.82, 2.24) is 4.72 Å². The quantitative estimate of drug-likeness (QED) is 0.831. The van der Waals surface area contributed by atoms with Crippen LogP contribution in [0.3, 0.4) is 0 Å². The Morgan fingerprint density at radius 1 is 1.33 bits per heavy atom. The van der Waals surface area contributed by atoms with Gasteiger partial charge in [-0.2, -0.15) is 8.42 Å². The van der Waals surface area contributed by atoms with Gasteiger partial charge in [-0.15, -0.1) is 0 Å². The molecule has 1 aromatic carbocycles. The monoisotopic (exact) mass is 293 g/mol. The van der Waals surface area contributed by atoms with Crippen molar-refractivity contribution in [3.05, 3.63) is 29.8 Å². The summed E-state index contributed by atoms with van der Waals surface area (Å²) in [5, 5.41) is 0. The summed E-state index contributed by atoms with van der Waals surface area (Å²) < 4.78 is 32.2. The molecule has 0 fully saturated rings. The lowest BCUT2D eigenvalue weighted by atomic mass is 10.1. The normalized spacial score (nSPS) is 11.0. The molecule has 0 spiro atoms. The molecular weight excluding hydrogens is 282 g/mol. The van der Waals surface area contributed by atoms with Crippen LogP contribution in [-0.4, -0.2) is 28.2 Å². The van der Waals surface area contributed by atoms with E-state index in [1.54, 1.807) is 31.4 Å². The lowest BCUT2D eigenvalue weighted by Crippen LogP contribution is -2.29. The van der Waals surface area contributed by atoms with E-state index in [0.29, 0.717) is 6.61 Å². The molecule has 1 N–H and O–H groups in total. The Labute approximate surface area is 109 Å². The molecule has 1 amide bonds. The molecule has 0 aliphatic rings. The molecule has 0 saturated heterocycles. The number of hydrogen-bond acceptors (Lipinski definition) is 5. The number of amides is 1. The highest BCUT2D eigenvalue weighted by Crippen LogP contribution is 2.13. The minimum atomic E-state index is -4.13. The smallest absolute Gasteiger partial charge is 0.410 e. The van der Waals surface area contributed by atoms with Gasteiger partial charge in [-0.05, 0) is 24.1 Å². The second-order valence-corrected chi connectivity index (χ2v) is 5.61. The Morgan fingerprint density at radius 2 is 1.94 bits per heavy atom. The SMILES string of the molecule is COCCc1ccc(OC(=O)NS(=O)(=O)Cl)cc1. The average Bonchev–Trinajstić information content (AvgIpc) is 2.25. The summed E-state index contributed by atoms with van der Waals surface area (Å²) in [7, 11) is 2.30. The molecule has 100 valence electrons. The third-order valence-corrected chi connectivity index (χ3v) is 2.58. The average molecular weight is 294 g/mol. The van der Waals surface area contributed by atoms with Gasteiger partial charge in [0.25, 0.3) is 0 Å². The molecule has 1 rings (SSSR count). The van der Waals surface area contributed by atoms with Crippen LogP contribution in [0.5, 0.6) is 5.75 Å². The van der Waals surface area contributed by atoms with Crippen molar-refractivity contribution in [2.24, 2.45) is 0 Å². The lowest BCUT2D eigenvalue weighted by Gasteiger charge is -2.05. The Hall–Kier alpha value is -1.31. The Kier molecular flexibility index (Phi) is 5.39. The third kappa shape index (κ3) is 5.85. The molecule has 6 nitrogen and oxygen atoms in total. The van der Waals surface area contributed by atoms with E-state index in [2.05, 4.69) is 0 Å². The summed E-state index contributed by atoms with van der Waals surface area (Å²) in [5.41, 5.74) is 1.01. The van der Waals surface area contributed by atoms with E-state index >= 15 is 0 Å². The summed E-state index contributed by atoms with van der Waals surface area (Å²) in [4.78, 5) is 11.1. The van der Waals surface area contributed by atoms with E-state index in [-0.39, 0.29) is 5.75 Å². The molecule has 0 unspecified atom stereocenters. The van der Waals surface area contributed by atoms with Crippen molar-refractivity contribution >= 4 is 26.0 Å². The van der Waals surface area contributed by atoms with Crippen LogP contribution in [0.15, 0.2) is 24.3 Å². The number of carbonyl (C=O) groups excluding carboxylic acids is 1. The van der Waals surface area contributed by atoms with Crippen molar-refractivity contribution in [3.63, 3.8) is 0 Å². The molecule has 18 heavy (non-hydrogen) atoms. The molecule has 0 saturated carbocycles. The molecular formula is C10H12ClNO5S. The van der Waals surface area contributed by atoms with Gasteiger partial charge < -0.3 is 9.47 Å². The fourth-order valence-electron chi connectivity index (χ4n) is 1.17. The minimum absolute atomic E-state index is 0.217. The number of nitrogens with one attached hydrogen (secondary N) is 1. The highest BCUT2D eigenvalue weighted by atomic mass is 35.7. The first-order valence-electron chi connectivity index (χ1n) is 4.93.